The molecule has 3 rings (SSSR count). The summed E-state index contributed by atoms with van der Waals surface area (Å²) in [6.45, 7) is 0. The first-order valence-corrected chi connectivity index (χ1v) is 8.74. The molecule has 0 spiro atoms. The van der Waals surface area contributed by atoms with Gasteiger partial charge in [0.2, 0.25) is 0 Å². The summed E-state index contributed by atoms with van der Waals surface area (Å²) in [7, 11) is 0. The van der Waals surface area contributed by atoms with Crippen LogP contribution < -0.4 is 0 Å². The molecule has 2 aromatic carbocycles. The molecule has 1 aliphatic rings. The first-order valence-electron chi connectivity index (χ1n) is 7.19. The zero-order valence-corrected chi connectivity index (χ0v) is 15.4. The maximum atomic E-state index is 14.0. The fraction of sp³-hybridized carbons (Fsp3) is 0.222. The zero-order valence-electron chi connectivity index (χ0n) is 12.3. The van der Waals surface area contributed by atoms with E-state index in [0.29, 0.717) is 5.57 Å². The van der Waals surface area contributed by atoms with Crippen LogP contribution in [0.15, 0.2) is 53.0 Å². The average Bonchev–Trinajstić information content (AvgIpc) is 2.93. The van der Waals surface area contributed by atoms with Crippen LogP contribution in [0.2, 0.25) is 10.0 Å². The number of benzene rings is 2. The summed E-state index contributed by atoms with van der Waals surface area (Å²) in [6.07, 6.45) is -3.01. The lowest BCUT2D eigenvalue weighted by molar-refractivity contribution is -0.187. The van der Waals surface area contributed by atoms with Crippen LogP contribution in [0.4, 0.5) is 13.2 Å². The Morgan fingerprint density at radius 3 is 2.08 bits per heavy atom. The molecule has 0 saturated heterocycles. The van der Waals surface area contributed by atoms with Crippen LogP contribution >= 0.6 is 39.1 Å². The first kappa shape index (κ1) is 17.8. The van der Waals surface area contributed by atoms with Gasteiger partial charge in [0.1, 0.15) is 0 Å². The molecule has 0 fully saturated rings. The largest absolute Gasteiger partial charge is 0.399 e. The number of allylic oxidation sites excluding steroid dienone is 2. The van der Waals surface area contributed by atoms with Crippen LogP contribution in [0.25, 0.3) is 5.57 Å². The second kappa shape index (κ2) is 6.40. The average molecular weight is 436 g/mol. The van der Waals surface area contributed by atoms with E-state index in [1.165, 1.54) is 18.2 Å². The van der Waals surface area contributed by atoms with Crippen LogP contribution in [0.3, 0.4) is 0 Å². The zero-order chi connectivity index (χ0) is 17.5. The molecule has 126 valence electrons. The molecule has 0 saturated carbocycles. The molecule has 1 unspecified atom stereocenters. The highest BCUT2D eigenvalue weighted by Crippen LogP contribution is 2.54. The van der Waals surface area contributed by atoms with Gasteiger partial charge in [-0.2, -0.15) is 13.2 Å². The highest BCUT2D eigenvalue weighted by molar-refractivity contribution is 9.10. The van der Waals surface area contributed by atoms with E-state index in [0.717, 1.165) is 10.0 Å². The Kier molecular flexibility index (Phi) is 4.75. The molecule has 24 heavy (non-hydrogen) atoms. The van der Waals surface area contributed by atoms with Gasteiger partial charge in [-0.25, -0.2) is 0 Å². The maximum absolute atomic E-state index is 14.0. The number of rotatable bonds is 2. The van der Waals surface area contributed by atoms with E-state index >= 15 is 0 Å². The molecule has 0 nitrogen and oxygen atoms in total. The summed E-state index contributed by atoms with van der Waals surface area (Å²) < 4.78 is 42.9. The van der Waals surface area contributed by atoms with Crippen LogP contribution in [-0.4, -0.2) is 6.18 Å². The lowest BCUT2D eigenvalue weighted by Gasteiger charge is -2.33. The third kappa shape index (κ3) is 3.24. The van der Waals surface area contributed by atoms with Crippen molar-refractivity contribution in [3.8, 4) is 0 Å². The molecule has 0 bridgehead atoms. The minimum absolute atomic E-state index is 0.107. The van der Waals surface area contributed by atoms with Gasteiger partial charge in [-0.3, -0.25) is 0 Å². The third-order valence-electron chi connectivity index (χ3n) is 4.36. The molecular formula is C18H12BrCl2F3. The molecular weight excluding hydrogens is 424 g/mol. The molecule has 0 radical (unpaired) electrons. The molecule has 0 heterocycles. The van der Waals surface area contributed by atoms with Gasteiger partial charge in [-0.15, -0.1) is 0 Å². The van der Waals surface area contributed by atoms with E-state index in [-0.39, 0.29) is 28.5 Å². The van der Waals surface area contributed by atoms with Crippen molar-refractivity contribution in [2.75, 3.05) is 0 Å². The van der Waals surface area contributed by atoms with Crippen molar-refractivity contribution in [1.29, 1.82) is 0 Å². The van der Waals surface area contributed by atoms with Crippen molar-refractivity contribution < 1.29 is 13.2 Å². The first-order chi connectivity index (χ1) is 11.2. The summed E-state index contributed by atoms with van der Waals surface area (Å²) in [4.78, 5) is 0. The second-order valence-electron chi connectivity index (χ2n) is 5.86. The Morgan fingerprint density at radius 2 is 1.54 bits per heavy atom. The fourth-order valence-corrected chi connectivity index (χ4v) is 3.87. The fourth-order valence-electron chi connectivity index (χ4n) is 3.08. The second-order valence-corrected chi connectivity index (χ2v) is 7.64. The summed E-state index contributed by atoms with van der Waals surface area (Å²) >= 11 is 15.2. The predicted molar refractivity (Wildman–Crippen MR) is 95.5 cm³/mol. The Morgan fingerprint density at radius 1 is 0.958 bits per heavy atom. The van der Waals surface area contributed by atoms with Gasteiger partial charge in [0.25, 0.3) is 0 Å². The molecule has 0 aromatic heterocycles. The normalized spacial score (nSPS) is 21.0. The van der Waals surface area contributed by atoms with Crippen LogP contribution in [0, 0.1) is 0 Å². The quantitative estimate of drug-likeness (QED) is 0.459. The van der Waals surface area contributed by atoms with Gasteiger partial charge in [0, 0.05) is 14.5 Å². The summed E-state index contributed by atoms with van der Waals surface area (Å²) in [6, 6.07) is 11.4. The van der Waals surface area contributed by atoms with E-state index in [9.17, 15) is 13.2 Å². The monoisotopic (exact) mass is 434 g/mol. The Labute approximate surface area is 156 Å². The lowest BCUT2D eigenvalue weighted by atomic mass is 9.76. The SMILES string of the molecule is FC(F)(F)C1(c2cc(Cl)cc(Cl)c2)CC=C(c2ccc(Br)cc2)C1. The van der Waals surface area contributed by atoms with Gasteiger partial charge in [-0.1, -0.05) is 57.3 Å². The van der Waals surface area contributed by atoms with Crippen LogP contribution in [0.1, 0.15) is 24.0 Å². The van der Waals surface area contributed by atoms with Gasteiger partial charge >= 0.3 is 6.18 Å². The van der Waals surface area contributed by atoms with Gasteiger partial charge in [0.05, 0.1) is 5.41 Å². The van der Waals surface area contributed by atoms with E-state index in [1.807, 2.05) is 24.3 Å². The standard InChI is InChI=1S/C18H12BrCl2F3/c19-14-3-1-11(2-4-14)12-5-6-17(10-12,18(22,23)24)13-7-15(20)9-16(21)8-13/h1-5,7-9H,6,10H2. The molecule has 1 atom stereocenters. The highest BCUT2D eigenvalue weighted by Gasteiger charge is 2.57. The molecule has 0 amide bonds. The van der Waals surface area contributed by atoms with Crippen molar-refractivity contribution in [3.05, 3.63) is 74.2 Å². The van der Waals surface area contributed by atoms with E-state index in [4.69, 9.17) is 23.2 Å². The number of halogens is 6. The van der Waals surface area contributed by atoms with Gasteiger partial charge in [-0.05, 0) is 59.9 Å². The highest BCUT2D eigenvalue weighted by atomic mass is 79.9. The van der Waals surface area contributed by atoms with Crippen molar-refractivity contribution in [2.45, 2.75) is 24.4 Å². The molecule has 0 N–H and O–H groups in total. The number of hydrogen-bond donors (Lipinski definition) is 0. The third-order valence-corrected chi connectivity index (χ3v) is 5.33. The molecule has 1 aliphatic carbocycles. The minimum Gasteiger partial charge on any atom is -0.170 e. The molecule has 0 aliphatic heterocycles. The van der Waals surface area contributed by atoms with E-state index < -0.39 is 11.6 Å². The smallest absolute Gasteiger partial charge is 0.170 e. The van der Waals surface area contributed by atoms with Crippen LogP contribution in [-0.2, 0) is 5.41 Å². The van der Waals surface area contributed by atoms with Crippen molar-refractivity contribution in [1.82, 2.24) is 0 Å². The summed E-state index contributed by atoms with van der Waals surface area (Å²) in [5.41, 5.74) is -0.423. The Balaban J connectivity index is 2.03. The Hall–Kier alpha value is -0.970. The van der Waals surface area contributed by atoms with Crippen LogP contribution in [0.5, 0.6) is 0 Å². The minimum atomic E-state index is -4.41. The van der Waals surface area contributed by atoms with Gasteiger partial charge < -0.3 is 0 Å². The van der Waals surface area contributed by atoms with Gasteiger partial charge in [0.15, 0.2) is 0 Å². The van der Waals surface area contributed by atoms with E-state index in [1.54, 1.807) is 6.08 Å². The maximum Gasteiger partial charge on any atom is 0.399 e. The number of hydrogen-bond acceptors (Lipinski definition) is 0. The van der Waals surface area contributed by atoms with E-state index in [2.05, 4.69) is 15.9 Å². The van der Waals surface area contributed by atoms with Crippen molar-refractivity contribution >= 4 is 44.7 Å². The molecule has 2 aromatic rings. The summed E-state index contributed by atoms with van der Waals surface area (Å²) in [5.74, 6) is 0. The topological polar surface area (TPSA) is 0 Å². The van der Waals surface area contributed by atoms with Crippen molar-refractivity contribution in [2.24, 2.45) is 0 Å². The lowest BCUT2D eigenvalue weighted by Crippen LogP contribution is -2.40. The number of alkyl halides is 3. The predicted octanol–water partition coefficient (Wildman–Crippen LogP) is 7.43. The van der Waals surface area contributed by atoms with Crippen molar-refractivity contribution in [3.63, 3.8) is 0 Å². The molecule has 6 heteroatoms. The summed E-state index contributed by atoms with van der Waals surface area (Å²) in [5, 5.41) is 0.413. The Bertz CT molecular complexity index is 777.